The third-order valence-corrected chi connectivity index (χ3v) is 4.07. The van der Waals surface area contributed by atoms with Gasteiger partial charge in [0.25, 0.3) is 0 Å². The van der Waals surface area contributed by atoms with Gasteiger partial charge in [0, 0.05) is 10.9 Å². The minimum atomic E-state index is -0.849. The van der Waals surface area contributed by atoms with Crippen molar-refractivity contribution in [1.29, 1.82) is 0 Å². The number of hydrogen-bond acceptors (Lipinski definition) is 2. The number of carboxylic acid groups (broad SMARTS) is 1. The molecule has 0 saturated carbocycles. The molecule has 0 saturated heterocycles. The second-order valence-electron chi connectivity index (χ2n) is 5.38. The lowest BCUT2D eigenvalue weighted by atomic mass is 10.0. The summed E-state index contributed by atoms with van der Waals surface area (Å²) in [6, 6.07) is 18.5. The Bertz CT molecular complexity index is 896. The van der Waals surface area contributed by atoms with Crippen LogP contribution in [0.3, 0.4) is 0 Å². The molecule has 0 fully saturated rings. The molecule has 3 nitrogen and oxygen atoms in total. The van der Waals surface area contributed by atoms with E-state index in [9.17, 15) is 4.79 Å². The fourth-order valence-corrected chi connectivity index (χ4v) is 3.16. The number of carbonyl (C=O) groups is 1. The van der Waals surface area contributed by atoms with E-state index < -0.39 is 5.97 Å². The maximum Gasteiger partial charge on any atom is 0.306 e. The van der Waals surface area contributed by atoms with Crippen LogP contribution in [0.4, 0.5) is 0 Å². The van der Waals surface area contributed by atoms with Crippen molar-refractivity contribution in [2.45, 2.75) is 6.42 Å². The van der Waals surface area contributed by atoms with Gasteiger partial charge in [-0.3, -0.25) is 4.79 Å². The molecule has 0 amide bonds. The zero-order chi connectivity index (χ0) is 15.1. The molecule has 0 aromatic heterocycles. The van der Waals surface area contributed by atoms with Gasteiger partial charge in [-0.25, -0.2) is 0 Å². The van der Waals surface area contributed by atoms with E-state index in [1.165, 1.54) is 21.9 Å². The molecule has 0 bridgehead atoms. The smallest absolute Gasteiger partial charge is 0.306 e. The number of carboxylic acids is 1. The Kier molecular flexibility index (Phi) is 2.86. The van der Waals surface area contributed by atoms with Gasteiger partial charge in [-0.2, -0.15) is 0 Å². The van der Waals surface area contributed by atoms with Gasteiger partial charge in [-0.15, -0.1) is 0 Å². The van der Waals surface area contributed by atoms with Crippen LogP contribution in [0.1, 0.15) is 6.42 Å². The molecule has 22 heavy (non-hydrogen) atoms. The zero-order valence-corrected chi connectivity index (χ0v) is 11.9. The molecule has 108 valence electrons. The van der Waals surface area contributed by atoms with Crippen LogP contribution >= 0.6 is 0 Å². The van der Waals surface area contributed by atoms with Crippen molar-refractivity contribution in [3.8, 4) is 28.0 Å². The largest absolute Gasteiger partial charge is 0.492 e. The Morgan fingerprint density at radius 1 is 0.909 bits per heavy atom. The first-order valence-corrected chi connectivity index (χ1v) is 7.26. The predicted octanol–water partition coefficient (Wildman–Crippen LogP) is 4.34. The highest BCUT2D eigenvalue weighted by molar-refractivity contribution is 6.16. The molecule has 0 heterocycles. The zero-order valence-electron chi connectivity index (χ0n) is 11.9. The number of rotatable bonds is 4. The van der Waals surface area contributed by atoms with Crippen LogP contribution in [-0.2, 0) is 4.79 Å². The van der Waals surface area contributed by atoms with Crippen molar-refractivity contribution in [3.05, 3.63) is 54.6 Å². The summed E-state index contributed by atoms with van der Waals surface area (Å²) in [6.07, 6.45) is 0.000765. The minimum Gasteiger partial charge on any atom is -0.492 e. The maximum atomic E-state index is 10.7. The molecule has 3 aromatic carbocycles. The minimum absolute atomic E-state index is 0.000765. The van der Waals surface area contributed by atoms with E-state index >= 15 is 0 Å². The van der Waals surface area contributed by atoms with E-state index in [0.29, 0.717) is 0 Å². The quantitative estimate of drug-likeness (QED) is 0.608. The first-order valence-electron chi connectivity index (χ1n) is 7.26. The molecule has 0 spiro atoms. The first kappa shape index (κ1) is 12.9. The van der Waals surface area contributed by atoms with Gasteiger partial charge in [0.05, 0.1) is 13.0 Å². The van der Waals surface area contributed by atoms with Crippen LogP contribution < -0.4 is 4.74 Å². The van der Waals surface area contributed by atoms with E-state index in [1.807, 2.05) is 24.3 Å². The van der Waals surface area contributed by atoms with E-state index in [0.717, 1.165) is 16.9 Å². The maximum absolute atomic E-state index is 10.7. The van der Waals surface area contributed by atoms with Crippen molar-refractivity contribution >= 4 is 16.7 Å². The number of benzene rings is 3. The summed E-state index contributed by atoms with van der Waals surface area (Å²) in [5.74, 6) is -0.0931. The lowest BCUT2D eigenvalue weighted by molar-refractivity contribution is -0.137. The van der Waals surface area contributed by atoms with Crippen LogP contribution in [0.25, 0.3) is 33.0 Å². The molecule has 1 aliphatic rings. The second kappa shape index (κ2) is 4.88. The van der Waals surface area contributed by atoms with Gasteiger partial charge < -0.3 is 9.84 Å². The highest BCUT2D eigenvalue weighted by Gasteiger charge is 2.24. The SMILES string of the molecule is O=C(O)CCOc1ccc2cccc3c2c1-c1ccccc1-3. The third kappa shape index (κ3) is 1.86. The summed E-state index contributed by atoms with van der Waals surface area (Å²) in [6.45, 7) is 0.179. The Hall–Kier alpha value is -2.81. The van der Waals surface area contributed by atoms with Gasteiger partial charge in [0.15, 0.2) is 0 Å². The van der Waals surface area contributed by atoms with Crippen LogP contribution in [-0.4, -0.2) is 17.7 Å². The molecular formula is C19H14O3. The molecule has 1 aliphatic carbocycles. The Morgan fingerprint density at radius 3 is 2.50 bits per heavy atom. The monoisotopic (exact) mass is 290 g/mol. The summed E-state index contributed by atoms with van der Waals surface area (Å²) in [7, 11) is 0. The van der Waals surface area contributed by atoms with Crippen molar-refractivity contribution < 1.29 is 14.6 Å². The van der Waals surface area contributed by atoms with Crippen LogP contribution in [0.2, 0.25) is 0 Å². The average molecular weight is 290 g/mol. The molecule has 0 atom stereocenters. The van der Waals surface area contributed by atoms with Crippen molar-refractivity contribution in [3.63, 3.8) is 0 Å². The molecule has 3 heteroatoms. The number of fused-ring (bicyclic) bond motifs is 3. The van der Waals surface area contributed by atoms with Gasteiger partial charge in [-0.05, 0) is 28.1 Å². The molecule has 4 rings (SSSR count). The predicted molar refractivity (Wildman–Crippen MR) is 86.1 cm³/mol. The lowest BCUT2D eigenvalue weighted by Gasteiger charge is -2.11. The van der Waals surface area contributed by atoms with Gasteiger partial charge in [0.1, 0.15) is 5.75 Å². The molecule has 0 aliphatic heterocycles. The molecule has 0 unspecified atom stereocenters. The summed E-state index contributed by atoms with van der Waals surface area (Å²) in [5, 5.41) is 11.1. The molecule has 1 N–H and O–H groups in total. The van der Waals surface area contributed by atoms with E-state index in [-0.39, 0.29) is 13.0 Å². The fraction of sp³-hybridized carbons (Fsp3) is 0.105. The van der Waals surface area contributed by atoms with E-state index in [4.69, 9.17) is 9.84 Å². The second-order valence-corrected chi connectivity index (χ2v) is 5.38. The van der Waals surface area contributed by atoms with Crippen molar-refractivity contribution in [2.24, 2.45) is 0 Å². The lowest BCUT2D eigenvalue weighted by Crippen LogP contribution is -2.05. The van der Waals surface area contributed by atoms with Crippen LogP contribution in [0.15, 0.2) is 54.6 Å². The van der Waals surface area contributed by atoms with Gasteiger partial charge in [0.2, 0.25) is 0 Å². The molecule has 0 radical (unpaired) electrons. The van der Waals surface area contributed by atoms with Crippen LogP contribution in [0, 0.1) is 0 Å². The Morgan fingerprint density at radius 2 is 1.68 bits per heavy atom. The fourth-order valence-electron chi connectivity index (χ4n) is 3.16. The van der Waals surface area contributed by atoms with Crippen LogP contribution in [0.5, 0.6) is 5.75 Å². The number of aliphatic carboxylic acids is 1. The van der Waals surface area contributed by atoms with E-state index in [2.05, 4.69) is 30.3 Å². The summed E-state index contributed by atoms with van der Waals surface area (Å²) in [5.41, 5.74) is 4.65. The normalized spacial score (nSPS) is 11.5. The first-order chi connectivity index (χ1) is 10.8. The number of hydrogen-bond donors (Lipinski definition) is 1. The van der Waals surface area contributed by atoms with Gasteiger partial charge >= 0.3 is 5.97 Å². The average Bonchev–Trinajstić information content (AvgIpc) is 2.87. The van der Waals surface area contributed by atoms with Crippen molar-refractivity contribution in [2.75, 3.05) is 6.61 Å². The Balaban J connectivity index is 1.90. The highest BCUT2D eigenvalue weighted by atomic mass is 16.5. The standard InChI is InChI=1S/C19H14O3/c20-17(21)10-11-22-16-9-8-12-4-3-7-14-13-5-1-2-6-15(13)19(16)18(12)14/h1-9H,10-11H2,(H,20,21). The molecule has 3 aromatic rings. The Labute approximate surface area is 127 Å². The highest BCUT2D eigenvalue weighted by Crippen LogP contribution is 2.50. The molecular weight excluding hydrogens is 276 g/mol. The summed E-state index contributed by atoms with van der Waals surface area (Å²) >= 11 is 0. The van der Waals surface area contributed by atoms with Gasteiger partial charge in [-0.1, -0.05) is 48.5 Å². The third-order valence-electron chi connectivity index (χ3n) is 4.07. The summed E-state index contributed by atoms with van der Waals surface area (Å²) in [4.78, 5) is 10.7. The summed E-state index contributed by atoms with van der Waals surface area (Å²) < 4.78 is 5.76. The topological polar surface area (TPSA) is 46.5 Å². The van der Waals surface area contributed by atoms with E-state index in [1.54, 1.807) is 0 Å². The van der Waals surface area contributed by atoms with Crippen molar-refractivity contribution in [1.82, 2.24) is 0 Å². The number of ether oxygens (including phenoxy) is 1.